The van der Waals surface area contributed by atoms with E-state index < -0.39 is 29.3 Å². The van der Waals surface area contributed by atoms with E-state index in [9.17, 15) is 19.2 Å². The fraction of sp³-hybridized carbons (Fsp3) is 0.613. The zero-order valence-electron chi connectivity index (χ0n) is 24.2. The predicted octanol–water partition coefficient (Wildman–Crippen LogP) is 4.14. The van der Waals surface area contributed by atoms with E-state index in [1.807, 2.05) is 37.3 Å². The summed E-state index contributed by atoms with van der Waals surface area (Å²) in [4.78, 5) is 55.1. The monoisotopic (exact) mass is 552 g/mol. The standard InChI is InChI=1S/C31H44N4O5/c1-21(22-14-9-8-10-15-22)32-28(38)31-20-23(31)16-11-6-5-7-12-17-24(33-29(39)40-30(2,3)4)27(37)35-19-13-18-25(35)26(36)34-31/h8-11,14-16,21,23-25H,5-7,12-13,17-20H2,1-4H3,(H,32,38)(H,33,39)(H,34,36)/b16-11-/t21-,23+,24+,25+,31-/m1/s1. The zero-order valence-corrected chi connectivity index (χ0v) is 24.2. The van der Waals surface area contributed by atoms with E-state index in [1.165, 1.54) is 0 Å². The van der Waals surface area contributed by atoms with Gasteiger partial charge in [0.15, 0.2) is 0 Å². The molecule has 3 N–H and O–H groups in total. The van der Waals surface area contributed by atoms with Gasteiger partial charge in [0.1, 0.15) is 23.2 Å². The predicted molar refractivity (Wildman–Crippen MR) is 152 cm³/mol. The van der Waals surface area contributed by atoms with Crippen LogP contribution in [0, 0.1) is 5.92 Å². The van der Waals surface area contributed by atoms with Gasteiger partial charge < -0.3 is 25.6 Å². The van der Waals surface area contributed by atoms with Crippen LogP contribution < -0.4 is 16.0 Å². The van der Waals surface area contributed by atoms with Crippen molar-refractivity contribution in [2.75, 3.05) is 6.54 Å². The zero-order chi connectivity index (χ0) is 28.9. The lowest BCUT2D eigenvalue weighted by atomic mass is 10.0. The first-order chi connectivity index (χ1) is 19.0. The maximum Gasteiger partial charge on any atom is 0.408 e. The van der Waals surface area contributed by atoms with Crippen molar-refractivity contribution in [2.24, 2.45) is 5.92 Å². The number of rotatable bonds is 4. The molecule has 3 aliphatic rings. The van der Waals surface area contributed by atoms with Crippen molar-refractivity contribution < 1.29 is 23.9 Å². The number of allylic oxidation sites excluding steroid dienone is 1. The number of hydrogen-bond donors (Lipinski definition) is 3. The van der Waals surface area contributed by atoms with Crippen LogP contribution >= 0.6 is 0 Å². The molecule has 5 atom stereocenters. The van der Waals surface area contributed by atoms with Gasteiger partial charge in [0.05, 0.1) is 6.04 Å². The number of amides is 4. The number of nitrogens with one attached hydrogen (secondary N) is 3. The maximum atomic E-state index is 13.7. The molecule has 2 heterocycles. The van der Waals surface area contributed by atoms with Crippen LogP contribution in [0.1, 0.15) is 90.7 Å². The van der Waals surface area contributed by atoms with Crippen LogP contribution in [0.4, 0.5) is 4.79 Å². The summed E-state index contributed by atoms with van der Waals surface area (Å²) in [5, 5.41) is 8.93. The third-order valence-corrected chi connectivity index (χ3v) is 7.97. The van der Waals surface area contributed by atoms with Crippen molar-refractivity contribution in [3.63, 3.8) is 0 Å². The van der Waals surface area contributed by atoms with E-state index in [1.54, 1.807) is 25.7 Å². The Kier molecular flexibility index (Phi) is 9.21. The minimum absolute atomic E-state index is 0.100. The molecular weight excluding hydrogens is 508 g/mol. The van der Waals surface area contributed by atoms with E-state index in [4.69, 9.17) is 4.74 Å². The van der Waals surface area contributed by atoms with Crippen LogP contribution in [0.5, 0.6) is 0 Å². The first-order valence-electron chi connectivity index (χ1n) is 14.6. The molecule has 9 heteroatoms. The fourth-order valence-corrected chi connectivity index (χ4v) is 5.69. The highest BCUT2D eigenvalue weighted by Crippen LogP contribution is 2.46. The summed E-state index contributed by atoms with van der Waals surface area (Å²) in [7, 11) is 0. The number of ether oxygens (including phenoxy) is 1. The number of fused-ring (bicyclic) bond motifs is 2. The van der Waals surface area contributed by atoms with Crippen LogP contribution in [-0.2, 0) is 19.1 Å². The van der Waals surface area contributed by atoms with Gasteiger partial charge in [0.25, 0.3) is 0 Å². The normalized spacial score (nSPS) is 29.0. The number of hydrogen-bond acceptors (Lipinski definition) is 5. The lowest BCUT2D eigenvalue weighted by molar-refractivity contribution is -0.141. The second kappa shape index (κ2) is 12.4. The molecule has 4 amide bonds. The molecule has 2 fully saturated rings. The Morgan fingerprint density at radius 3 is 2.55 bits per heavy atom. The molecule has 1 aromatic rings. The van der Waals surface area contributed by atoms with E-state index in [0.717, 1.165) is 31.2 Å². The van der Waals surface area contributed by atoms with E-state index in [-0.39, 0.29) is 29.7 Å². The Labute approximate surface area is 237 Å². The smallest absolute Gasteiger partial charge is 0.408 e. The highest BCUT2D eigenvalue weighted by Gasteiger charge is 2.60. The minimum Gasteiger partial charge on any atom is -0.444 e. The first kappa shape index (κ1) is 29.6. The van der Waals surface area contributed by atoms with E-state index >= 15 is 0 Å². The molecule has 4 rings (SSSR count). The average molecular weight is 553 g/mol. The van der Waals surface area contributed by atoms with Crippen molar-refractivity contribution in [3.05, 3.63) is 48.0 Å². The SMILES string of the molecule is C[C@@H](NC(=O)[C@@]12C[C@@H]1/C=C\CCCCC[C@H](NC(=O)OC(C)(C)C)C(=O)N1CCC[C@H]1C(=O)N2)c1ccccc1. The lowest BCUT2D eigenvalue weighted by Gasteiger charge is -2.31. The number of carbonyl (C=O) groups is 4. The number of nitrogens with zero attached hydrogens (tertiary/aromatic N) is 1. The molecule has 218 valence electrons. The maximum absolute atomic E-state index is 13.7. The Morgan fingerprint density at radius 2 is 1.82 bits per heavy atom. The summed E-state index contributed by atoms with van der Waals surface area (Å²) < 4.78 is 5.42. The minimum atomic E-state index is -1.04. The summed E-state index contributed by atoms with van der Waals surface area (Å²) in [6.45, 7) is 7.68. The Morgan fingerprint density at radius 1 is 1.07 bits per heavy atom. The fourth-order valence-electron chi connectivity index (χ4n) is 5.69. The number of alkyl carbamates (subject to hydrolysis) is 1. The Hall–Kier alpha value is -3.36. The lowest BCUT2D eigenvalue weighted by Crippen LogP contribution is -2.58. The van der Waals surface area contributed by atoms with Crippen LogP contribution in [0.15, 0.2) is 42.5 Å². The molecule has 9 nitrogen and oxygen atoms in total. The highest BCUT2D eigenvalue weighted by molar-refractivity contribution is 5.98. The van der Waals surface area contributed by atoms with Crippen LogP contribution in [0.25, 0.3) is 0 Å². The second-order valence-corrected chi connectivity index (χ2v) is 12.3. The molecule has 0 bridgehead atoms. The first-order valence-corrected chi connectivity index (χ1v) is 14.6. The number of carbonyl (C=O) groups excluding carboxylic acids is 4. The van der Waals surface area contributed by atoms with Crippen molar-refractivity contribution in [3.8, 4) is 0 Å². The summed E-state index contributed by atoms with van der Waals surface area (Å²) in [5.74, 6) is -0.914. The van der Waals surface area contributed by atoms with E-state index in [0.29, 0.717) is 32.2 Å². The van der Waals surface area contributed by atoms with Crippen LogP contribution in [-0.4, -0.2) is 58.5 Å². The van der Waals surface area contributed by atoms with Gasteiger partial charge >= 0.3 is 6.09 Å². The molecular formula is C31H44N4O5. The molecule has 2 aliphatic heterocycles. The summed E-state index contributed by atoms with van der Waals surface area (Å²) >= 11 is 0. The van der Waals surface area contributed by atoms with Crippen molar-refractivity contribution in [1.82, 2.24) is 20.9 Å². The third-order valence-electron chi connectivity index (χ3n) is 7.97. The molecule has 0 unspecified atom stereocenters. The average Bonchev–Trinajstić information content (AvgIpc) is 3.36. The molecule has 1 saturated carbocycles. The van der Waals surface area contributed by atoms with Gasteiger partial charge in [-0.15, -0.1) is 0 Å². The van der Waals surface area contributed by atoms with E-state index in [2.05, 4.69) is 28.1 Å². The van der Waals surface area contributed by atoms with Crippen molar-refractivity contribution >= 4 is 23.8 Å². The Balaban J connectivity index is 1.53. The molecule has 1 saturated heterocycles. The number of benzene rings is 1. The van der Waals surface area contributed by atoms with Gasteiger partial charge in [-0.05, 0) is 71.8 Å². The Bertz CT molecular complexity index is 1110. The second-order valence-electron chi connectivity index (χ2n) is 12.3. The molecule has 0 aromatic heterocycles. The molecule has 0 radical (unpaired) electrons. The van der Waals surface area contributed by atoms with Crippen molar-refractivity contribution in [1.29, 1.82) is 0 Å². The van der Waals surface area contributed by atoms with Gasteiger partial charge in [-0.1, -0.05) is 55.3 Å². The van der Waals surface area contributed by atoms with Crippen LogP contribution in [0.2, 0.25) is 0 Å². The quantitative estimate of drug-likeness (QED) is 0.486. The van der Waals surface area contributed by atoms with Gasteiger partial charge in [0.2, 0.25) is 17.7 Å². The van der Waals surface area contributed by atoms with Gasteiger partial charge in [0, 0.05) is 12.5 Å². The largest absolute Gasteiger partial charge is 0.444 e. The van der Waals surface area contributed by atoms with Gasteiger partial charge in [-0.25, -0.2) is 4.79 Å². The highest BCUT2D eigenvalue weighted by atomic mass is 16.6. The summed E-state index contributed by atoms with van der Waals surface area (Å²) in [5.41, 5.74) is -0.745. The van der Waals surface area contributed by atoms with Gasteiger partial charge in [-0.2, -0.15) is 0 Å². The summed E-state index contributed by atoms with van der Waals surface area (Å²) in [6.07, 6.45) is 9.11. The van der Waals surface area contributed by atoms with Gasteiger partial charge in [-0.3, -0.25) is 14.4 Å². The topological polar surface area (TPSA) is 117 Å². The van der Waals surface area contributed by atoms with Crippen LogP contribution in [0.3, 0.4) is 0 Å². The van der Waals surface area contributed by atoms with Crippen molar-refractivity contribution in [2.45, 2.75) is 108 Å². The molecule has 40 heavy (non-hydrogen) atoms. The molecule has 1 aromatic carbocycles. The molecule has 0 spiro atoms. The third kappa shape index (κ3) is 7.23. The molecule has 1 aliphatic carbocycles. The summed E-state index contributed by atoms with van der Waals surface area (Å²) in [6, 6.07) is 8.04.